The second kappa shape index (κ2) is 7.79. The molecule has 0 aromatic heterocycles. The second-order valence-corrected chi connectivity index (χ2v) is 6.28. The van der Waals surface area contributed by atoms with Crippen molar-refractivity contribution in [1.29, 1.82) is 0 Å². The number of nitrogens with one attached hydrogen (secondary N) is 1. The first-order chi connectivity index (χ1) is 13.2. The summed E-state index contributed by atoms with van der Waals surface area (Å²) in [6.07, 6.45) is -4.74. The zero-order valence-corrected chi connectivity index (χ0v) is 15.0. The van der Waals surface area contributed by atoms with Crippen molar-refractivity contribution in [1.82, 2.24) is 10.2 Å². The van der Waals surface area contributed by atoms with Crippen LogP contribution in [0.2, 0.25) is 0 Å². The summed E-state index contributed by atoms with van der Waals surface area (Å²) in [5.74, 6) is -0.556. The van der Waals surface area contributed by atoms with Crippen molar-refractivity contribution < 1.29 is 27.5 Å². The lowest BCUT2D eigenvalue weighted by Crippen LogP contribution is -2.28. The molecular formula is C19H18F3N3O3. The highest BCUT2D eigenvalue weighted by Crippen LogP contribution is 2.23. The Hall–Kier alpha value is -3.23. The maximum atomic E-state index is 12.6. The molecule has 0 saturated carbocycles. The minimum atomic E-state index is -4.74. The van der Waals surface area contributed by atoms with Crippen LogP contribution in [0, 0.1) is 0 Å². The van der Waals surface area contributed by atoms with Gasteiger partial charge in [0.05, 0.1) is 0 Å². The van der Waals surface area contributed by atoms with Crippen molar-refractivity contribution in [2.45, 2.75) is 12.9 Å². The minimum Gasteiger partial charge on any atom is -0.406 e. The van der Waals surface area contributed by atoms with E-state index in [1.807, 2.05) is 0 Å². The van der Waals surface area contributed by atoms with Crippen LogP contribution < -0.4 is 15.0 Å². The van der Waals surface area contributed by atoms with E-state index >= 15 is 0 Å². The molecule has 3 amide bonds. The van der Waals surface area contributed by atoms with Crippen LogP contribution in [0.5, 0.6) is 5.75 Å². The van der Waals surface area contributed by atoms with Crippen molar-refractivity contribution in [2.24, 2.45) is 0 Å². The standard InChI is InChI=1S/C19H18F3N3O3/c1-24(12-13-2-8-16(9-3-13)28-19(20,21)22)17(26)14-4-6-15(7-5-14)25-11-10-23-18(25)27/h2-9H,10-12H2,1H3,(H,23,27). The van der Waals surface area contributed by atoms with Crippen LogP contribution in [0.3, 0.4) is 0 Å². The molecule has 1 N–H and O–H groups in total. The maximum Gasteiger partial charge on any atom is 0.573 e. The average Bonchev–Trinajstić information content (AvgIpc) is 3.07. The van der Waals surface area contributed by atoms with Gasteiger partial charge in [0.1, 0.15) is 5.75 Å². The van der Waals surface area contributed by atoms with Gasteiger partial charge in [-0.15, -0.1) is 13.2 Å². The third kappa shape index (κ3) is 4.73. The number of carbonyl (C=O) groups excluding carboxylic acids is 2. The first-order valence-electron chi connectivity index (χ1n) is 8.48. The Morgan fingerprint density at radius 3 is 2.32 bits per heavy atom. The molecule has 2 aromatic carbocycles. The van der Waals surface area contributed by atoms with E-state index in [2.05, 4.69) is 10.1 Å². The zero-order valence-electron chi connectivity index (χ0n) is 15.0. The van der Waals surface area contributed by atoms with Crippen LogP contribution in [0.4, 0.5) is 23.7 Å². The molecule has 1 saturated heterocycles. The van der Waals surface area contributed by atoms with Crippen molar-refractivity contribution in [3.05, 3.63) is 59.7 Å². The molecule has 0 aliphatic carbocycles. The summed E-state index contributed by atoms with van der Waals surface area (Å²) in [4.78, 5) is 27.3. The molecule has 9 heteroatoms. The van der Waals surface area contributed by atoms with Crippen molar-refractivity contribution in [3.8, 4) is 5.75 Å². The maximum absolute atomic E-state index is 12.6. The van der Waals surface area contributed by atoms with E-state index < -0.39 is 6.36 Å². The Labute approximate surface area is 159 Å². The van der Waals surface area contributed by atoms with E-state index in [9.17, 15) is 22.8 Å². The topological polar surface area (TPSA) is 61.9 Å². The van der Waals surface area contributed by atoms with Gasteiger partial charge in [-0.3, -0.25) is 9.69 Å². The van der Waals surface area contributed by atoms with Gasteiger partial charge in [0.25, 0.3) is 5.91 Å². The summed E-state index contributed by atoms with van der Waals surface area (Å²) in [5.41, 5.74) is 1.81. The lowest BCUT2D eigenvalue weighted by molar-refractivity contribution is -0.274. The first kappa shape index (κ1) is 19.5. The Kier molecular flexibility index (Phi) is 5.43. The van der Waals surface area contributed by atoms with Crippen LogP contribution >= 0.6 is 0 Å². The normalized spacial score (nSPS) is 14.0. The van der Waals surface area contributed by atoms with E-state index in [1.54, 1.807) is 36.2 Å². The molecule has 28 heavy (non-hydrogen) atoms. The van der Waals surface area contributed by atoms with Gasteiger partial charge in [0.15, 0.2) is 0 Å². The molecule has 148 valence electrons. The molecule has 0 spiro atoms. The summed E-state index contributed by atoms with van der Waals surface area (Å²) in [5, 5.41) is 2.71. The third-order valence-corrected chi connectivity index (χ3v) is 4.21. The number of benzene rings is 2. The number of urea groups is 1. The highest BCUT2D eigenvalue weighted by Gasteiger charge is 2.31. The Morgan fingerprint density at radius 1 is 1.14 bits per heavy atom. The number of carbonyl (C=O) groups is 2. The smallest absolute Gasteiger partial charge is 0.406 e. The van der Waals surface area contributed by atoms with E-state index in [-0.39, 0.29) is 24.2 Å². The fraction of sp³-hybridized carbons (Fsp3) is 0.263. The SMILES string of the molecule is CN(Cc1ccc(OC(F)(F)F)cc1)C(=O)c1ccc(N2CCNC2=O)cc1. The quantitative estimate of drug-likeness (QED) is 0.847. The summed E-state index contributed by atoms with van der Waals surface area (Å²) in [7, 11) is 1.60. The molecule has 0 atom stereocenters. The van der Waals surface area contributed by atoms with E-state index in [4.69, 9.17) is 0 Å². The third-order valence-electron chi connectivity index (χ3n) is 4.21. The van der Waals surface area contributed by atoms with Gasteiger partial charge in [-0.05, 0) is 42.0 Å². The molecule has 1 heterocycles. The van der Waals surface area contributed by atoms with Crippen LogP contribution in [-0.4, -0.2) is 43.3 Å². The summed E-state index contributed by atoms with van der Waals surface area (Å²) >= 11 is 0. The van der Waals surface area contributed by atoms with E-state index in [1.165, 1.54) is 29.2 Å². The fourth-order valence-corrected chi connectivity index (χ4v) is 2.86. The number of rotatable bonds is 5. The van der Waals surface area contributed by atoms with Crippen LogP contribution in [0.15, 0.2) is 48.5 Å². The lowest BCUT2D eigenvalue weighted by Gasteiger charge is -2.19. The average molecular weight is 393 g/mol. The molecule has 1 aliphatic rings. The first-order valence-corrected chi connectivity index (χ1v) is 8.48. The summed E-state index contributed by atoms with van der Waals surface area (Å²) < 4.78 is 40.4. The Morgan fingerprint density at radius 2 is 1.79 bits per heavy atom. The molecule has 0 bridgehead atoms. The van der Waals surface area contributed by atoms with Gasteiger partial charge in [0, 0.05) is 37.9 Å². The predicted molar refractivity (Wildman–Crippen MR) is 96.1 cm³/mol. The Bertz CT molecular complexity index is 851. The minimum absolute atomic E-state index is 0.172. The molecule has 0 radical (unpaired) electrons. The van der Waals surface area contributed by atoms with Crippen molar-refractivity contribution in [3.63, 3.8) is 0 Å². The number of amides is 3. The monoisotopic (exact) mass is 393 g/mol. The largest absolute Gasteiger partial charge is 0.573 e. The van der Waals surface area contributed by atoms with Crippen LogP contribution in [-0.2, 0) is 6.54 Å². The lowest BCUT2D eigenvalue weighted by atomic mass is 10.1. The van der Waals surface area contributed by atoms with Gasteiger partial charge in [-0.2, -0.15) is 0 Å². The number of halogens is 3. The molecule has 1 fully saturated rings. The highest BCUT2D eigenvalue weighted by molar-refractivity contribution is 5.96. The van der Waals surface area contributed by atoms with Crippen LogP contribution in [0.1, 0.15) is 15.9 Å². The van der Waals surface area contributed by atoms with Crippen LogP contribution in [0.25, 0.3) is 0 Å². The number of ether oxygens (including phenoxy) is 1. The highest BCUT2D eigenvalue weighted by atomic mass is 19.4. The van der Waals surface area contributed by atoms with Gasteiger partial charge < -0.3 is 15.0 Å². The molecule has 3 rings (SSSR count). The van der Waals surface area contributed by atoms with E-state index in [0.29, 0.717) is 29.9 Å². The summed E-state index contributed by atoms with van der Waals surface area (Å²) in [6.45, 7) is 1.37. The Balaban J connectivity index is 1.62. The van der Waals surface area contributed by atoms with Gasteiger partial charge in [-0.25, -0.2) is 4.79 Å². The molecule has 0 unspecified atom stereocenters. The summed E-state index contributed by atoms with van der Waals surface area (Å²) in [6, 6.07) is 11.9. The molecular weight excluding hydrogens is 375 g/mol. The number of hydrogen-bond acceptors (Lipinski definition) is 3. The van der Waals surface area contributed by atoms with Gasteiger partial charge in [-0.1, -0.05) is 12.1 Å². The number of hydrogen-bond donors (Lipinski definition) is 1. The molecule has 6 nitrogen and oxygen atoms in total. The zero-order chi connectivity index (χ0) is 20.3. The van der Waals surface area contributed by atoms with Crippen molar-refractivity contribution in [2.75, 3.05) is 25.0 Å². The van der Waals surface area contributed by atoms with Crippen molar-refractivity contribution >= 4 is 17.6 Å². The van der Waals surface area contributed by atoms with E-state index in [0.717, 1.165) is 0 Å². The second-order valence-electron chi connectivity index (χ2n) is 6.28. The number of nitrogens with zero attached hydrogens (tertiary/aromatic N) is 2. The number of anilines is 1. The van der Waals surface area contributed by atoms with Gasteiger partial charge in [0.2, 0.25) is 0 Å². The molecule has 1 aliphatic heterocycles. The fourth-order valence-electron chi connectivity index (χ4n) is 2.86. The number of alkyl halides is 3. The van der Waals surface area contributed by atoms with Gasteiger partial charge >= 0.3 is 12.4 Å². The molecule has 2 aromatic rings. The predicted octanol–water partition coefficient (Wildman–Crippen LogP) is 3.39.